The zero-order valence-electron chi connectivity index (χ0n) is 8.25. The molecule has 70 valence electrons. The molecule has 0 unspecified atom stereocenters. The van der Waals surface area contributed by atoms with Crippen LogP contribution in [0.2, 0.25) is 0 Å². The molecule has 0 bridgehead atoms. The molecule has 12 heavy (non-hydrogen) atoms. The van der Waals surface area contributed by atoms with Crippen LogP contribution in [0, 0.1) is 0 Å². The zero-order chi connectivity index (χ0) is 9.23. The van der Waals surface area contributed by atoms with Crippen LogP contribution in [-0.2, 0) is 6.54 Å². The van der Waals surface area contributed by atoms with Gasteiger partial charge in [0.2, 0.25) is 0 Å². The van der Waals surface area contributed by atoms with Gasteiger partial charge in [0.25, 0.3) is 0 Å². The van der Waals surface area contributed by atoms with Crippen molar-refractivity contribution in [2.45, 2.75) is 27.3 Å². The third-order valence-corrected chi connectivity index (χ3v) is 1.33. The highest BCUT2D eigenvalue weighted by atomic mass is 15.3. The second-order valence-corrected chi connectivity index (χ2v) is 2.12. The maximum Gasteiger partial charge on any atom is 0.0533 e. The van der Waals surface area contributed by atoms with Crippen LogP contribution < -0.4 is 5.32 Å². The molecule has 0 aliphatic heterocycles. The van der Waals surface area contributed by atoms with Crippen molar-refractivity contribution in [2.75, 3.05) is 13.1 Å². The number of hydrogen-bond acceptors (Lipinski definition) is 2. The van der Waals surface area contributed by atoms with Gasteiger partial charge < -0.3 is 5.32 Å². The van der Waals surface area contributed by atoms with Crippen LogP contribution in [0.3, 0.4) is 0 Å². The fourth-order valence-corrected chi connectivity index (χ4v) is 0.803. The minimum absolute atomic E-state index is 0.959. The van der Waals surface area contributed by atoms with Crippen LogP contribution >= 0.6 is 0 Å². The molecule has 0 saturated carbocycles. The van der Waals surface area contributed by atoms with E-state index in [-0.39, 0.29) is 0 Å². The normalized spacial score (nSPS) is 8.92. The molecule has 0 aliphatic rings. The molecule has 3 heteroatoms. The van der Waals surface area contributed by atoms with Gasteiger partial charge >= 0.3 is 0 Å². The summed E-state index contributed by atoms with van der Waals surface area (Å²) in [5.41, 5.74) is 0. The van der Waals surface area contributed by atoms with Crippen LogP contribution in [0.25, 0.3) is 0 Å². The van der Waals surface area contributed by atoms with Gasteiger partial charge in [0.15, 0.2) is 0 Å². The van der Waals surface area contributed by atoms with E-state index in [1.807, 2.05) is 30.8 Å². The zero-order valence-corrected chi connectivity index (χ0v) is 8.25. The summed E-state index contributed by atoms with van der Waals surface area (Å²) < 4.78 is 1.92. The lowest BCUT2D eigenvalue weighted by Gasteiger charge is -2.00. The highest BCUT2D eigenvalue weighted by Crippen LogP contribution is 1.81. The second-order valence-electron chi connectivity index (χ2n) is 2.12. The minimum Gasteiger partial charge on any atom is -0.315 e. The maximum absolute atomic E-state index is 4.06. The van der Waals surface area contributed by atoms with Crippen molar-refractivity contribution >= 4 is 0 Å². The van der Waals surface area contributed by atoms with E-state index in [4.69, 9.17) is 0 Å². The van der Waals surface area contributed by atoms with Crippen LogP contribution in [0.5, 0.6) is 0 Å². The Labute approximate surface area is 74.8 Å². The summed E-state index contributed by atoms with van der Waals surface area (Å²) in [4.78, 5) is 0. The van der Waals surface area contributed by atoms with E-state index in [1.54, 1.807) is 6.20 Å². The summed E-state index contributed by atoms with van der Waals surface area (Å²) in [5.74, 6) is 0. The Bertz CT molecular complexity index is 158. The molecule has 0 radical (unpaired) electrons. The van der Waals surface area contributed by atoms with E-state index in [0.717, 1.165) is 19.6 Å². The third kappa shape index (κ3) is 4.91. The first-order valence-corrected chi connectivity index (χ1v) is 4.61. The molecule has 0 amide bonds. The summed E-state index contributed by atoms with van der Waals surface area (Å²) in [7, 11) is 0. The summed E-state index contributed by atoms with van der Waals surface area (Å²) in [6.45, 7) is 9.09. The number of aromatic nitrogens is 2. The van der Waals surface area contributed by atoms with Gasteiger partial charge in [-0.1, -0.05) is 20.8 Å². The van der Waals surface area contributed by atoms with Crippen LogP contribution in [0.1, 0.15) is 20.8 Å². The Morgan fingerprint density at radius 1 is 1.42 bits per heavy atom. The summed E-state index contributed by atoms with van der Waals surface area (Å²) in [6.07, 6.45) is 3.77. The first-order chi connectivity index (χ1) is 5.93. The third-order valence-electron chi connectivity index (χ3n) is 1.33. The van der Waals surface area contributed by atoms with Crippen LogP contribution in [0.4, 0.5) is 0 Å². The molecule has 0 saturated heterocycles. The number of likely N-dealkylation sites (N-methyl/N-ethyl adjacent to an activating group) is 1. The molecule has 0 atom stereocenters. The lowest BCUT2D eigenvalue weighted by atomic mass is 10.6. The SMILES string of the molecule is CC.CCNCCn1cccn1. The van der Waals surface area contributed by atoms with Gasteiger partial charge in [-0.2, -0.15) is 5.10 Å². The van der Waals surface area contributed by atoms with Gasteiger partial charge in [-0.3, -0.25) is 4.68 Å². The van der Waals surface area contributed by atoms with Crippen molar-refractivity contribution in [3.8, 4) is 0 Å². The topological polar surface area (TPSA) is 29.9 Å². The highest BCUT2D eigenvalue weighted by molar-refractivity contribution is 4.77. The molecule has 1 heterocycles. The molecule has 1 rings (SSSR count). The minimum atomic E-state index is 0.959. The molecule has 3 nitrogen and oxygen atoms in total. The molecule has 1 N–H and O–H groups in total. The standard InChI is InChI=1S/C7H13N3.C2H6/c1-2-8-5-7-10-6-3-4-9-10;1-2/h3-4,6,8H,2,5,7H2,1H3;1-2H3. The number of nitrogens with one attached hydrogen (secondary N) is 1. The van der Waals surface area contributed by atoms with Gasteiger partial charge in [0.05, 0.1) is 6.54 Å². The Balaban J connectivity index is 0.000000561. The quantitative estimate of drug-likeness (QED) is 0.692. The summed E-state index contributed by atoms with van der Waals surface area (Å²) >= 11 is 0. The van der Waals surface area contributed by atoms with E-state index in [1.165, 1.54) is 0 Å². The van der Waals surface area contributed by atoms with Gasteiger partial charge in [0.1, 0.15) is 0 Å². The number of hydrogen-bond donors (Lipinski definition) is 1. The fourth-order valence-electron chi connectivity index (χ4n) is 0.803. The van der Waals surface area contributed by atoms with E-state index in [2.05, 4.69) is 17.3 Å². The van der Waals surface area contributed by atoms with Gasteiger partial charge in [-0.15, -0.1) is 0 Å². The van der Waals surface area contributed by atoms with E-state index >= 15 is 0 Å². The number of nitrogens with zero attached hydrogens (tertiary/aromatic N) is 2. The average Bonchev–Trinajstić information content (AvgIpc) is 2.61. The molecular formula is C9H19N3. The summed E-state index contributed by atoms with van der Waals surface area (Å²) in [5, 5.41) is 7.29. The lowest BCUT2D eigenvalue weighted by Crippen LogP contribution is -2.19. The molecule has 1 aromatic heterocycles. The first-order valence-electron chi connectivity index (χ1n) is 4.61. The van der Waals surface area contributed by atoms with Crippen molar-refractivity contribution in [3.05, 3.63) is 18.5 Å². The van der Waals surface area contributed by atoms with Crippen molar-refractivity contribution < 1.29 is 0 Å². The Morgan fingerprint density at radius 2 is 2.17 bits per heavy atom. The molecule has 0 aliphatic carbocycles. The second kappa shape index (κ2) is 8.27. The van der Waals surface area contributed by atoms with Crippen molar-refractivity contribution in [1.82, 2.24) is 15.1 Å². The fraction of sp³-hybridized carbons (Fsp3) is 0.667. The van der Waals surface area contributed by atoms with E-state index < -0.39 is 0 Å². The average molecular weight is 169 g/mol. The lowest BCUT2D eigenvalue weighted by molar-refractivity contribution is 0.565. The summed E-state index contributed by atoms with van der Waals surface area (Å²) in [6, 6.07) is 1.94. The van der Waals surface area contributed by atoms with Crippen molar-refractivity contribution in [3.63, 3.8) is 0 Å². The van der Waals surface area contributed by atoms with Gasteiger partial charge in [0, 0.05) is 18.9 Å². The first kappa shape index (κ1) is 11.2. The molecule has 0 aromatic carbocycles. The van der Waals surface area contributed by atoms with Crippen molar-refractivity contribution in [1.29, 1.82) is 0 Å². The Morgan fingerprint density at radius 3 is 2.67 bits per heavy atom. The largest absolute Gasteiger partial charge is 0.315 e. The van der Waals surface area contributed by atoms with Gasteiger partial charge in [-0.05, 0) is 12.6 Å². The maximum atomic E-state index is 4.06. The predicted octanol–water partition coefficient (Wildman–Crippen LogP) is 1.52. The van der Waals surface area contributed by atoms with E-state index in [9.17, 15) is 0 Å². The van der Waals surface area contributed by atoms with Gasteiger partial charge in [-0.25, -0.2) is 0 Å². The molecule has 0 spiro atoms. The highest BCUT2D eigenvalue weighted by Gasteiger charge is 1.86. The smallest absolute Gasteiger partial charge is 0.0533 e. The van der Waals surface area contributed by atoms with Crippen LogP contribution in [-0.4, -0.2) is 22.9 Å². The molecule has 0 fully saturated rings. The molecule has 1 aromatic rings. The Hall–Kier alpha value is -0.830. The predicted molar refractivity (Wildman–Crippen MR) is 52.1 cm³/mol. The monoisotopic (exact) mass is 169 g/mol. The van der Waals surface area contributed by atoms with Crippen LogP contribution in [0.15, 0.2) is 18.5 Å². The Kier molecular flexibility index (Phi) is 7.70. The molecular weight excluding hydrogens is 150 g/mol. The number of rotatable bonds is 4. The van der Waals surface area contributed by atoms with E-state index in [0.29, 0.717) is 0 Å². The van der Waals surface area contributed by atoms with Crippen molar-refractivity contribution in [2.24, 2.45) is 0 Å².